The number of methoxy groups -OCH3 is 1. The zero-order valence-electron chi connectivity index (χ0n) is 13.9. The van der Waals surface area contributed by atoms with Crippen molar-refractivity contribution < 1.29 is 14.6 Å². The lowest BCUT2D eigenvalue weighted by molar-refractivity contribution is -0.0367. The number of nitrogens with one attached hydrogen (secondary N) is 1. The predicted molar refractivity (Wildman–Crippen MR) is 98.8 cm³/mol. The topological polar surface area (TPSA) is 80.3 Å². The van der Waals surface area contributed by atoms with E-state index >= 15 is 0 Å². The minimum Gasteiger partial charge on any atom is -0.457 e. The van der Waals surface area contributed by atoms with E-state index in [4.69, 9.17) is 32.7 Å². The minimum absolute atomic E-state index is 0.0403. The molecule has 8 heteroatoms. The molecule has 1 atom stereocenters. The molecule has 0 amide bonds. The van der Waals surface area contributed by atoms with Crippen molar-refractivity contribution in [1.29, 1.82) is 0 Å². The number of halogens is 2. The Kier molecular flexibility index (Phi) is 5.78. The molecule has 0 radical (unpaired) electrons. The van der Waals surface area contributed by atoms with Gasteiger partial charge in [0.05, 0.1) is 11.6 Å². The Balaban J connectivity index is 1.85. The third-order valence-electron chi connectivity index (χ3n) is 3.79. The molecule has 0 saturated heterocycles. The summed E-state index contributed by atoms with van der Waals surface area (Å²) in [4.78, 5) is 4.06. The fourth-order valence-corrected chi connectivity index (χ4v) is 3.09. The van der Waals surface area contributed by atoms with E-state index in [2.05, 4.69) is 15.2 Å². The van der Waals surface area contributed by atoms with Gasteiger partial charge in [0.2, 0.25) is 0 Å². The number of hydrogen-bond donors (Lipinski definition) is 2. The van der Waals surface area contributed by atoms with E-state index in [-0.39, 0.29) is 13.0 Å². The highest BCUT2D eigenvalue weighted by Gasteiger charge is 2.33. The van der Waals surface area contributed by atoms with Crippen LogP contribution in [-0.2, 0) is 16.8 Å². The van der Waals surface area contributed by atoms with Gasteiger partial charge in [-0.15, -0.1) is 0 Å². The van der Waals surface area contributed by atoms with Crippen molar-refractivity contribution in [1.82, 2.24) is 15.2 Å². The van der Waals surface area contributed by atoms with E-state index in [1.165, 1.54) is 13.4 Å². The zero-order valence-corrected chi connectivity index (χ0v) is 15.5. The number of rotatable bonds is 7. The zero-order chi connectivity index (χ0) is 18.6. The van der Waals surface area contributed by atoms with Crippen LogP contribution < -0.4 is 4.74 Å². The normalized spacial score (nSPS) is 13.4. The molecule has 136 valence electrons. The van der Waals surface area contributed by atoms with Crippen molar-refractivity contribution in [2.45, 2.75) is 12.0 Å². The van der Waals surface area contributed by atoms with Crippen molar-refractivity contribution in [2.24, 2.45) is 0 Å². The Morgan fingerprint density at radius 2 is 1.85 bits per heavy atom. The summed E-state index contributed by atoms with van der Waals surface area (Å²) in [6, 6.07) is 12.1. The van der Waals surface area contributed by atoms with Crippen molar-refractivity contribution in [3.05, 3.63) is 70.2 Å². The van der Waals surface area contributed by atoms with E-state index < -0.39 is 5.60 Å². The van der Waals surface area contributed by atoms with Gasteiger partial charge >= 0.3 is 0 Å². The number of hydrogen-bond acceptors (Lipinski definition) is 5. The van der Waals surface area contributed by atoms with Crippen LogP contribution in [0.5, 0.6) is 11.5 Å². The molecule has 0 bridgehead atoms. The molecule has 1 heterocycles. The van der Waals surface area contributed by atoms with Crippen LogP contribution in [0.3, 0.4) is 0 Å². The highest BCUT2D eigenvalue weighted by molar-refractivity contribution is 6.31. The maximum absolute atomic E-state index is 11.1. The fraction of sp³-hybridized carbons (Fsp3) is 0.222. The van der Waals surface area contributed by atoms with E-state index in [9.17, 15) is 5.11 Å². The van der Waals surface area contributed by atoms with Crippen molar-refractivity contribution in [3.8, 4) is 11.5 Å². The molecule has 0 unspecified atom stereocenters. The second kappa shape index (κ2) is 8.05. The van der Waals surface area contributed by atoms with Gasteiger partial charge in [0.1, 0.15) is 23.4 Å². The van der Waals surface area contributed by atoms with Crippen LogP contribution in [0.15, 0.2) is 48.8 Å². The molecule has 0 aliphatic carbocycles. The Bertz CT molecular complexity index is 857. The molecule has 26 heavy (non-hydrogen) atoms. The van der Waals surface area contributed by atoms with Gasteiger partial charge in [-0.2, -0.15) is 5.10 Å². The summed E-state index contributed by atoms with van der Waals surface area (Å²) in [5, 5.41) is 18.7. The van der Waals surface area contributed by atoms with Gasteiger partial charge < -0.3 is 14.6 Å². The molecule has 3 aromatic rings. The molecule has 2 aromatic carbocycles. The smallest absolute Gasteiger partial charge is 0.153 e. The number of ether oxygens (including phenoxy) is 2. The van der Waals surface area contributed by atoms with Gasteiger partial charge in [0, 0.05) is 24.1 Å². The number of aromatic nitrogens is 3. The molecule has 1 aromatic heterocycles. The summed E-state index contributed by atoms with van der Waals surface area (Å²) in [7, 11) is 1.51. The summed E-state index contributed by atoms with van der Waals surface area (Å²) in [5.74, 6) is 1.63. The first-order valence-electron chi connectivity index (χ1n) is 7.79. The summed E-state index contributed by atoms with van der Waals surface area (Å²) in [5.41, 5.74) is -0.860. The lowest BCUT2D eigenvalue weighted by Gasteiger charge is -2.28. The molecule has 6 nitrogen and oxygen atoms in total. The summed E-state index contributed by atoms with van der Waals surface area (Å²) < 4.78 is 10.9. The Hall–Kier alpha value is -2.12. The molecule has 0 fully saturated rings. The first kappa shape index (κ1) is 18.7. The van der Waals surface area contributed by atoms with E-state index in [1.54, 1.807) is 42.5 Å². The quantitative estimate of drug-likeness (QED) is 0.634. The van der Waals surface area contributed by atoms with E-state index in [1.807, 2.05) is 0 Å². The van der Waals surface area contributed by atoms with Crippen molar-refractivity contribution >= 4 is 23.2 Å². The van der Waals surface area contributed by atoms with Gasteiger partial charge in [-0.1, -0.05) is 29.3 Å². The molecule has 0 aliphatic heterocycles. The first-order chi connectivity index (χ1) is 12.5. The molecule has 3 rings (SSSR count). The van der Waals surface area contributed by atoms with E-state index in [0.717, 1.165) is 0 Å². The summed E-state index contributed by atoms with van der Waals surface area (Å²) in [6.07, 6.45) is 1.61. The SMILES string of the molecule is COC[C@@](O)(Cc1nc[nH]n1)c1ccc(Oc2ccc(Cl)cc2)cc1Cl. The van der Waals surface area contributed by atoms with Crippen LogP contribution in [0.1, 0.15) is 11.4 Å². The monoisotopic (exact) mass is 393 g/mol. The van der Waals surface area contributed by atoms with Crippen LogP contribution in [0.4, 0.5) is 0 Å². The van der Waals surface area contributed by atoms with Gasteiger partial charge in [-0.3, -0.25) is 5.10 Å². The highest BCUT2D eigenvalue weighted by atomic mass is 35.5. The third-order valence-corrected chi connectivity index (χ3v) is 4.35. The Morgan fingerprint density at radius 1 is 1.12 bits per heavy atom. The predicted octanol–water partition coefficient (Wildman–Crippen LogP) is 3.98. The number of aromatic amines is 1. The third kappa shape index (κ3) is 4.34. The molecular formula is C18H17Cl2N3O3. The fourth-order valence-electron chi connectivity index (χ4n) is 2.62. The lowest BCUT2D eigenvalue weighted by atomic mass is 9.90. The van der Waals surface area contributed by atoms with Crippen LogP contribution in [0.2, 0.25) is 10.0 Å². The molecule has 0 spiro atoms. The van der Waals surface area contributed by atoms with Crippen molar-refractivity contribution in [3.63, 3.8) is 0 Å². The Morgan fingerprint density at radius 3 is 2.46 bits per heavy atom. The second-order valence-corrected chi connectivity index (χ2v) is 6.60. The first-order valence-corrected chi connectivity index (χ1v) is 8.55. The van der Waals surface area contributed by atoms with Crippen LogP contribution in [-0.4, -0.2) is 34.0 Å². The van der Waals surface area contributed by atoms with Crippen LogP contribution in [0.25, 0.3) is 0 Å². The van der Waals surface area contributed by atoms with Gasteiger partial charge in [-0.05, 0) is 36.4 Å². The molecular weight excluding hydrogens is 377 g/mol. The standard InChI is InChI=1S/C18H17Cl2N3O3/c1-25-10-18(24,9-17-21-11-22-23-17)15-7-6-14(8-16(15)20)26-13-4-2-12(19)3-5-13/h2-8,11,24H,9-10H2,1H3,(H,21,22,23)/t18-/m0/s1. The number of aliphatic hydroxyl groups is 1. The van der Waals surface area contributed by atoms with Gasteiger partial charge in [0.25, 0.3) is 0 Å². The lowest BCUT2D eigenvalue weighted by Crippen LogP contribution is -2.34. The molecule has 0 saturated carbocycles. The molecule has 2 N–H and O–H groups in total. The van der Waals surface area contributed by atoms with Gasteiger partial charge in [-0.25, -0.2) is 4.98 Å². The maximum Gasteiger partial charge on any atom is 0.153 e. The van der Waals surface area contributed by atoms with Gasteiger partial charge in [0.15, 0.2) is 5.82 Å². The number of nitrogens with zero attached hydrogens (tertiary/aromatic N) is 2. The van der Waals surface area contributed by atoms with Crippen LogP contribution in [0, 0.1) is 0 Å². The minimum atomic E-state index is -1.37. The second-order valence-electron chi connectivity index (χ2n) is 5.75. The largest absolute Gasteiger partial charge is 0.457 e. The average Bonchev–Trinajstić information content (AvgIpc) is 3.10. The summed E-state index contributed by atoms with van der Waals surface area (Å²) in [6.45, 7) is 0.0403. The Labute approximate surface area is 160 Å². The number of H-pyrrole nitrogens is 1. The van der Waals surface area contributed by atoms with Crippen molar-refractivity contribution in [2.75, 3.05) is 13.7 Å². The summed E-state index contributed by atoms with van der Waals surface area (Å²) >= 11 is 12.3. The van der Waals surface area contributed by atoms with Crippen LogP contribution >= 0.6 is 23.2 Å². The highest BCUT2D eigenvalue weighted by Crippen LogP contribution is 2.35. The average molecular weight is 394 g/mol. The number of benzene rings is 2. The molecule has 0 aliphatic rings. The maximum atomic E-state index is 11.1. The van der Waals surface area contributed by atoms with E-state index in [0.29, 0.717) is 32.9 Å².